The van der Waals surface area contributed by atoms with E-state index in [2.05, 4.69) is 9.88 Å². The van der Waals surface area contributed by atoms with Crippen LogP contribution in [0.5, 0.6) is 5.75 Å². The minimum atomic E-state index is -0.150. The molecule has 3 aromatic rings. The molecule has 28 heavy (non-hydrogen) atoms. The zero-order valence-corrected chi connectivity index (χ0v) is 16.0. The van der Waals surface area contributed by atoms with Crippen LogP contribution in [-0.4, -0.2) is 53.6 Å². The Balaban J connectivity index is 1.54. The minimum Gasteiger partial charge on any atom is -0.495 e. The molecule has 0 aliphatic carbocycles. The van der Waals surface area contributed by atoms with Crippen LogP contribution in [0.4, 0.5) is 5.69 Å². The van der Waals surface area contributed by atoms with Crippen molar-refractivity contribution in [3.8, 4) is 5.75 Å². The fraction of sp³-hybridized carbons (Fsp3) is 0.286. The van der Waals surface area contributed by atoms with Crippen LogP contribution in [0.2, 0.25) is 0 Å². The number of pyridine rings is 2. The predicted octanol–water partition coefficient (Wildman–Crippen LogP) is 1.90. The van der Waals surface area contributed by atoms with E-state index in [1.54, 1.807) is 43.6 Å². The molecule has 0 saturated carbocycles. The molecule has 1 aromatic carbocycles. The van der Waals surface area contributed by atoms with Crippen LogP contribution in [0.25, 0.3) is 10.8 Å². The Hall–Kier alpha value is -3.35. The third-order valence-electron chi connectivity index (χ3n) is 5.23. The molecule has 7 heteroatoms. The van der Waals surface area contributed by atoms with Gasteiger partial charge in [-0.05, 0) is 17.5 Å². The summed E-state index contributed by atoms with van der Waals surface area (Å²) in [4.78, 5) is 33.9. The van der Waals surface area contributed by atoms with Crippen molar-refractivity contribution in [3.05, 3.63) is 64.8 Å². The van der Waals surface area contributed by atoms with Crippen molar-refractivity contribution >= 4 is 22.4 Å². The molecule has 0 bridgehead atoms. The maximum Gasteiger partial charge on any atom is 0.270 e. The second-order valence-electron chi connectivity index (χ2n) is 6.84. The topological polar surface area (TPSA) is 67.7 Å². The molecule has 1 aliphatic rings. The van der Waals surface area contributed by atoms with Gasteiger partial charge in [-0.3, -0.25) is 14.6 Å². The lowest BCUT2D eigenvalue weighted by Crippen LogP contribution is -2.49. The van der Waals surface area contributed by atoms with Gasteiger partial charge in [-0.2, -0.15) is 0 Å². The first-order chi connectivity index (χ1) is 13.6. The monoisotopic (exact) mass is 378 g/mol. The Morgan fingerprint density at radius 1 is 1.07 bits per heavy atom. The molecule has 0 spiro atoms. The Morgan fingerprint density at radius 2 is 1.82 bits per heavy atom. The molecule has 0 N–H and O–H groups in total. The van der Waals surface area contributed by atoms with Crippen LogP contribution in [0, 0.1) is 0 Å². The first-order valence-corrected chi connectivity index (χ1v) is 9.20. The fourth-order valence-corrected chi connectivity index (χ4v) is 3.58. The second-order valence-corrected chi connectivity index (χ2v) is 6.84. The van der Waals surface area contributed by atoms with Gasteiger partial charge in [-0.15, -0.1) is 0 Å². The number of amides is 1. The van der Waals surface area contributed by atoms with Gasteiger partial charge in [0.15, 0.2) is 0 Å². The number of anilines is 1. The van der Waals surface area contributed by atoms with Crippen molar-refractivity contribution in [1.29, 1.82) is 0 Å². The Morgan fingerprint density at radius 3 is 2.57 bits per heavy atom. The zero-order chi connectivity index (χ0) is 19.7. The van der Waals surface area contributed by atoms with E-state index in [0.717, 1.165) is 11.1 Å². The number of ether oxygens (including phenoxy) is 1. The van der Waals surface area contributed by atoms with Gasteiger partial charge in [0, 0.05) is 44.7 Å². The molecule has 0 atom stereocenters. The Kier molecular flexibility index (Phi) is 4.73. The van der Waals surface area contributed by atoms with Gasteiger partial charge in [-0.25, -0.2) is 0 Å². The van der Waals surface area contributed by atoms with Crippen LogP contribution in [-0.2, 0) is 7.05 Å². The number of nitrogens with zero attached hydrogens (tertiary/aromatic N) is 4. The first kappa shape index (κ1) is 18.0. The highest BCUT2D eigenvalue weighted by Gasteiger charge is 2.24. The third kappa shape index (κ3) is 3.19. The standard InChI is InChI=1S/C21H22N4O3/c1-23-19(11-15-5-3-4-6-18(15)20(23)26)21(27)25-9-7-24(8-10-25)16-12-17(28-2)14-22-13-16/h3-6,11-14H,7-10H2,1-2H3. The number of piperazine rings is 1. The SMILES string of the molecule is COc1cncc(N2CCN(C(=O)c3cc4ccccc4c(=O)n3C)CC2)c1. The molecule has 2 aromatic heterocycles. The lowest BCUT2D eigenvalue weighted by atomic mass is 10.1. The van der Waals surface area contributed by atoms with Crippen LogP contribution < -0.4 is 15.2 Å². The molecule has 7 nitrogen and oxygen atoms in total. The van der Waals surface area contributed by atoms with Crippen molar-refractivity contribution in [2.75, 3.05) is 38.2 Å². The lowest BCUT2D eigenvalue weighted by Gasteiger charge is -2.36. The highest BCUT2D eigenvalue weighted by atomic mass is 16.5. The predicted molar refractivity (Wildman–Crippen MR) is 108 cm³/mol. The number of rotatable bonds is 3. The van der Waals surface area contributed by atoms with Gasteiger partial charge in [0.2, 0.25) is 0 Å². The van der Waals surface area contributed by atoms with E-state index in [-0.39, 0.29) is 11.5 Å². The summed E-state index contributed by atoms with van der Waals surface area (Å²) >= 11 is 0. The Bertz CT molecular complexity index is 1080. The molecule has 0 unspecified atom stereocenters. The average Bonchev–Trinajstić information content (AvgIpc) is 2.76. The number of carbonyl (C=O) groups is 1. The quantitative estimate of drug-likeness (QED) is 0.696. The average molecular weight is 378 g/mol. The van der Waals surface area contributed by atoms with Crippen molar-refractivity contribution in [2.45, 2.75) is 0 Å². The summed E-state index contributed by atoms with van der Waals surface area (Å²) in [5, 5.41) is 1.41. The van der Waals surface area contributed by atoms with Crippen molar-refractivity contribution in [3.63, 3.8) is 0 Å². The second kappa shape index (κ2) is 7.34. The minimum absolute atomic E-state index is 0.117. The summed E-state index contributed by atoms with van der Waals surface area (Å²) < 4.78 is 6.68. The summed E-state index contributed by atoms with van der Waals surface area (Å²) in [6, 6.07) is 11.1. The first-order valence-electron chi connectivity index (χ1n) is 9.20. The van der Waals surface area contributed by atoms with Gasteiger partial charge in [0.1, 0.15) is 11.4 Å². The molecule has 144 valence electrons. The molecule has 1 amide bonds. The summed E-state index contributed by atoms with van der Waals surface area (Å²) in [6.07, 6.45) is 3.47. The highest BCUT2D eigenvalue weighted by Crippen LogP contribution is 2.21. The summed E-state index contributed by atoms with van der Waals surface area (Å²) in [5.74, 6) is 0.593. The van der Waals surface area contributed by atoms with Gasteiger partial charge in [0.25, 0.3) is 11.5 Å². The van der Waals surface area contributed by atoms with Gasteiger partial charge in [0.05, 0.1) is 25.2 Å². The normalized spacial score (nSPS) is 14.4. The maximum absolute atomic E-state index is 13.1. The van der Waals surface area contributed by atoms with E-state index in [9.17, 15) is 9.59 Å². The van der Waals surface area contributed by atoms with E-state index in [4.69, 9.17) is 4.74 Å². The number of hydrogen-bond acceptors (Lipinski definition) is 5. The number of hydrogen-bond donors (Lipinski definition) is 0. The molecular weight excluding hydrogens is 356 g/mol. The molecule has 1 aliphatic heterocycles. The van der Waals surface area contributed by atoms with E-state index in [0.29, 0.717) is 43.0 Å². The van der Waals surface area contributed by atoms with E-state index in [1.807, 2.05) is 24.3 Å². The number of aromatic nitrogens is 2. The fourth-order valence-electron chi connectivity index (χ4n) is 3.58. The molecule has 1 saturated heterocycles. The van der Waals surface area contributed by atoms with E-state index >= 15 is 0 Å². The molecule has 0 radical (unpaired) electrons. The molecular formula is C21H22N4O3. The van der Waals surface area contributed by atoms with Crippen molar-refractivity contribution in [1.82, 2.24) is 14.5 Å². The van der Waals surface area contributed by atoms with Crippen LogP contribution in [0.1, 0.15) is 10.5 Å². The lowest BCUT2D eigenvalue weighted by molar-refractivity contribution is 0.0736. The number of carbonyl (C=O) groups excluding carboxylic acids is 1. The van der Waals surface area contributed by atoms with Crippen LogP contribution in [0.15, 0.2) is 53.6 Å². The highest BCUT2D eigenvalue weighted by molar-refractivity contribution is 5.96. The van der Waals surface area contributed by atoms with Gasteiger partial charge in [-0.1, -0.05) is 18.2 Å². The maximum atomic E-state index is 13.1. The summed E-state index contributed by atoms with van der Waals surface area (Å²) in [6.45, 7) is 2.55. The Labute approximate surface area is 162 Å². The number of methoxy groups -OCH3 is 1. The number of benzene rings is 1. The van der Waals surface area contributed by atoms with Gasteiger partial charge < -0.3 is 19.1 Å². The summed E-state index contributed by atoms with van der Waals surface area (Å²) in [5.41, 5.74) is 1.24. The molecule has 1 fully saturated rings. The largest absolute Gasteiger partial charge is 0.495 e. The smallest absolute Gasteiger partial charge is 0.270 e. The van der Waals surface area contributed by atoms with E-state index < -0.39 is 0 Å². The van der Waals surface area contributed by atoms with Crippen LogP contribution >= 0.6 is 0 Å². The summed E-state index contributed by atoms with van der Waals surface area (Å²) in [7, 11) is 3.27. The van der Waals surface area contributed by atoms with Crippen molar-refractivity contribution < 1.29 is 9.53 Å². The third-order valence-corrected chi connectivity index (χ3v) is 5.23. The van der Waals surface area contributed by atoms with Gasteiger partial charge >= 0.3 is 0 Å². The zero-order valence-electron chi connectivity index (χ0n) is 16.0. The molecule has 4 rings (SSSR count). The van der Waals surface area contributed by atoms with E-state index in [1.165, 1.54) is 4.57 Å². The number of fused-ring (bicyclic) bond motifs is 1. The van der Waals surface area contributed by atoms with Crippen molar-refractivity contribution in [2.24, 2.45) is 7.05 Å². The van der Waals surface area contributed by atoms with Crippen LogP contribution in [0.3, 0.4) is 0 Å². The molecule has 3 heterocycles.